The average molecular weight is 387 g/mol. The third kappa shape index (κ3) is 3.00. The number of rotatable bonds is 2. The zero-order chi connectivity index (χ0) is 16.7. The fourth-order valence-corrected chi connectivity index (χ4v) is 4.51. The SMILES string of the molecule is O=C(Oc1ccc2cc(Br)ccc2c1)C1CC2CCCC(C1)C2=O. The first kappa shape index (κ1) is 15.8. The molecule has 0 radical (unpaired) electrons. The van der Waals surface area contributed by atoms with E-state index in [1.165, 1.54) is 0 Å². The van der Waals surface area contributed by atoms with E-state index in [0.29, 0.717) is 24.4 Å². The first-order valence-corrected chi connectivity index (χ1v) is 9.34. The number of fused-ring (bicyclic) bond motifs is 3. The Morgan fingerprint density at radius 3 is 2.42 bits per heavy atom. The number of hydrogen-bond donors (Lipinski definition) is 0. The van der Waals surface area contributed by atoms with Crippen LogP contribution in [0.3, 0.4) is 0 Å². The maximum Gasteiger partial charge on any atom is 0.314 e. The molecule has 2 aliphatic rings. The number of ketones is 1. The number of ether oxygens (including phenoxy) is 1. The molecule has 0 heterocycles. The molecule has 2 aliphatic carbocycles. The van der Waals surface area contributed by atoms with Crippen LogP contribution in [0.2, 0.25) is 0 Å². The highest BCUT2D eigenvalue weighted by atomic mass is 79.9. The van der Waals surface area contributed by atoms with Crippen LogP contribution in [0.15, 0.2) is 40.9 Å². The van der Waals surface area contributed by atoms with Gasteiger partial charge in [-0.25, -0.2) is 0 Å². The standard InChI is InChI=1S/C20H19BrO3/c21-17-6-4-13-11-18(7-5-12(13)10-17)24-20(23)16-8-14-2-1-3-15(9-16)19(14)22/h4-7,10-11,14-16H,1-3,8-9H2. The second-order valence-electron chi connectivity index (χ2n) is 6.97. The van der Waals surface area contributed by atoms with E-state index in [0.717, 1.165) is 34.5 Å². The van der Waals surface area contributed by atoms with Crippen LogP contribution in [0.1, 0.15) is 32.1 Å². The smallest absolute Gasteiger partial charge is 0.314 e. The molecule has 0 spiro atoms. The van der Waals surface area contributed by atoms with Crippen molar-refractivity contribution in [3.05, 3.63) is 40.9 Å². The summed E-state index contributed by atoms with van der Waals surface area (Å²) in [6.45, 7) is 0. The van der Waals surface area contributed by atoms with Crippen molar-refractivity contribution in [2.75, 3.05) is 0 Å². The maximum atomic E-state index is 12.6. The number of esters is 1. The average Bonchev–Trinajstić information content (AvgIpc) is 2.54. The predicted molar refractivity (Wildman–Crippen MR) is 95.8 cm³/mol. The molecule has 0 aliphatic heterocycles. The summed E-state index contributed by atoms with van der Waals surface area (Å²) in [5.74, 6) is 0.779. The van der Waals surface area contributed by atoms with Crippen LogP contribution in [0.5, 0.6) is 5.75 Å². The van der Waals surface area contributed by atoms with E-state index in [1.54, 1.807) is 0 Å². The summed E-state index contributed by atoms with van der Waals surface area (Å²) in [4.78, 5) is 24.7. The minimum atomic E-state index is -0.184. The molecule has 2 unspecified atom stereocenters. The van der Waals surface area contributed by atoms with Gasteiger partial charge in [-0.05, 0) is 60.7 Å². The number of carbonyl (C=O) groups is 2. The molecule has 2 aromatic rings. The van der Waals surface area contributed by atoms with Crippen molar-refractivity contribution in [2.24, 2.45) is 17.8 Å². The van der Waals surface area contributed by atoms with Crippen LogP contribution in [0, 0.1) is 17.8 Å². The van der Waals surface area contributed by atoms with Crippen LogP contribution in [-0.2, 0) is 9.59 Å². The third-order valence-corrected chi connectivity index (χ3v) is 5.87. The number of hydrogen-bond acceptors (Lipinski definition) is 3. The Balaban J connectivity index is 1.50. The number of benzene rings is 2. The van der Waals surface area contributed by atoms with Crippen LogP contribution in [-0.4, -0.2) is 11.8 Å². The molecule has 2 fully saturated rings. The van der Waals surface area contributed by atoms with Gasteiger partial charge >= 0.3 is 5.97 Å². The van der Waals surface area contributed by atoms with Gasteiger partial charge in [0.05, 0.1) is 5.92 Å². The monoisotopic (exact) mass is 386 g/mol. The van der Waals surface area contributed by atoms with E-state index in [2.05, 4.69) is 15.9 Å². The summed E-state index contributed by atoms with van der Waals surface area (Å²) in [7, 11) is 0. The van der Waals surface area contributed by atoms with Crippen molar-refractivity contribution in [3.8, 4) is 5.75 Å². The van der Waals surface area contributed by atoms with Crippen LogP contribution in [0.4, 0.5) is 0 Å². The lowest BCUT2D eigenvalue weighted by Crippen LogP contribution is -2.40. The number of carbonyl (C=O) groups excluding carboxylic acids is 2. The van der Waals surface area contributed by atoms with Gasteiger partial charge in [0.1, 0.15) is 11.5 Å². The Hall–Kier alpha value is -1.68. The van der Waals surface area contributed by atoms with Gasteiger partial charge in [0, 0.05) is 16.3 Å². The van der Waals surface area contributed by atoms with Crippen LogP contribution in [0.25, 0.3) is 10.8 Å². The van der Waals surface area contributed by atoms with Crippen LogP contribution < -0.4 is 4.74 Å². The first-order chi connectivity index (χ1) is 11.6. The highest BCUT2D eigenvalue weighted by molar-refractivity contribution is 9.10. The molecule has 2 aromatic carbocycles. The van der Waals surface area contributed by atoms with Crippen molar-refractivity contribution in [1.82, 2.24) is 0 Å². The number of Topliss-reactive ketones (excluding diaryl/α,β-unsaturated/α-hetero) is 1. The summed E-state index contributed by atoms with van der Waals surface area (Å²) in [5.41, 5.74) is 0. The Labute approximate surface area is 149 Å². The minimum Gasteiger partial charge on any atom is -0.426 e. The second kappa shape index (κ2) is 6.32. The van der Waals surface area contributed by atoms with Crippen LogP contribution >= 0.6 is 15.9 Å². The van der Waals surface area contributed by atoms with Crippen molar-refractivity contribution in [1.29, 1.82) is 0 Å². The zero-order valence-corrected chi connectivity index (χ0v) is 14.9. The third-order valence-electron chi connectivity index (χ3n) is 5.37. The largest absolute Gasteiger partial charge is 0.426 e. The van der Waals surface area contributed by atoms with Crippen molar-refractivity contribution in [3.63, 3.8) is 0 Å². The van der Waals surface area contributed by atoms with E-state index in [-0.39, 0.29) is 23.7 Å². The van der Waals surface area contributed by atoms with Gasteiger partial charge in [-0.15, -0.1) is 0 Å². The van der Waals surface area contributed by atoms with Gasteiger partial charge in [0.2, 0.25) is 0 Å². The molecule has 0 saturated heterocycles. The lowest BCUT2D eigenvalue weighted by atomic mass is 9.67. The lowest BCUT2D eigenvalue weighted by molar-refractivity contribution is -0.145. The summed E-state index contributed by atoms with van der Waals surface area (Å²) < 4.78 is 6.66. The molecule has 0 N–H and O–H groups in total. The zero-order valence-electron chi connectivity index (χ0n) is 13.3. The summed E-state index contributed by atoms with van der Waals surface area (Å²) in [6, 6.07) is 11.7. The molecule has 0 amide bonds. The molecule has 2 bridgehead atoms. The molecule has 2 atom stereocenters. The normalized spacial score (nSPS) is 26.4. The molecule has 4 rings (SSSR count). The predicted octanol–water partition coefficient (Wildman–Crippen LogP) is 4.90. The fourth-order valence-electron chi connectivity index (χ4n) is 4.13. The van der Waals surface area contributed by atoms with Gasteiger partial charge in [0.25, 0.3) is 0 Å². The molecule has 24 heavy (non-hydrogen) atoms. The Morgan fingerprint density at radius 1 is 1.00 bits per heavy atom. The fraction of sp³-hybridized carbons (Fsp3) is 0.400. The molecule has 124 valence electrons. The number of halogens is 1. The summed E-state index contributed by atoms with van der Waals surface area (Å²) >= 11 is 3.46. The molecule has 4 heteroatoms. The van der Waals surface area contributed by atoms with Gasteiger partial charge in [0.15, 0.2) is 0 Å². The van der Waals surface area contributed by atoms with Gasteiger partial charge in [-0.2, -0.15) is 0 Å². The molecule has 2 saturated carbocycles. The topological polar surface area (TPSA) is 43.4 Å². The van der Waals surface area contributed by atoms with E-state index >= 15 is 0 Å². The van der Waals surface area contributed by atoms with Gasteiger partial charge in [-0.3, -0.25) is 9.59 Å². The highest BCUT2D eigenvalue weighted by Gasteiger charge is 2.41. The summed E-state index contributed by atoms with van der Waals surface area (Å²) in [6.07, 6.45) is 4.31. The van der Waals surface area contributed by atoms with Gasteiger partial charge in [-0.1, -0.05) is 34.5 Å². The Morgan fingerprint density at radius 2 is 1.67 bits per heavy atom. The summed E-state index contributed by atoms with van der Waals surface area (Å²) in [5, 5.41) is 2.14. The van der Waals surface area contributed by atoms with Crippen molar-refractivity contribution in [2.45, 2.75) is 32.1 Å². The molecule has 3 nitrogen and oxygen atoms in total. The Bertz CT molecular complexity index is 798. The lowest BCUT2D eigenvalue weighted by Gasteiger charge is -2.36. The molecular formula is C20H19BrO3. The maximum absolute atomic E-state index is 12.6. The molecular weight excluding hydrogens is 368 g/mol. The van der Waals surface area contributed by atoms with E-state index < -0.39 is 0 Å². The highest BCUT2D eigenvalue weighted by Crippen LogP contribution is 2.40. The Kier molecular flexibility index (Phi) is 4.17. The first-order valence-electron chi connectivity index (χ1n) is 8.55. The minimum absolute atomic E-state index is 0.0732. The van der Waals surface area contributed by atoms with E-state index in [4.69, 9.17) is 4.74 Å². The van der Waals surface area contributed by atoms with Crippen molar-refractivity contribution < 1.29 is 14.3 Å². The van der Waals surface area contributed by atoms with Gasteiger partial charge < -0.3 is 4.74 Å². The quantitative estimate of drug-likeness (QED) is 0.544. The molecule has 0 aromatic heterocycles. The van der Waals surface area contributed by atoms with E-state index in [9.17, 15) is 9.59 Å². The van der Waals surface area contributed by atoms with Crippen molar-refractivity contribution >= 4 is 38.5 Å². The van der Waals surface area contributed by atoms with E-state index in [1.807, 2.05) is 36.4 Å². The second-order valence-corrected chi connectivity index (χ2v) is 7.89.